The molecule has 0 saturated heterocycles. The van der Waals surface area contributed by atoms with Crippen molar-refractivity contribution in [1.29, 1.82) is 0 Å². The minimum absolute atomic E-state index is 0.0465. The Bertz CT molecular complexity index is 712. The maximum atomic E-state index is 13.4. The van der Waals surface area contributed by atoms with Crippen molar-refractivity contribution in [2.24, 2.45) is 0 Å². The zero-order valence-corrected chi connectivity index (χ0v) is 13.0. The number of ether oxygens (including phenoxy) is 2. The number of hydrogen-bond donors (Lipinski definition) is 1. The number of aromatic nitrogens is 1. The molecule has 0 saturated carbocycles. The van der Waals surface area contributed by atoms with Crippen LogP contribution in [-0.4, -0.2) is 18.1 Å². The number of nitrogens with two attached hydrogens (primary N) is 1. The number of benzene rings is 1. The number of nitrogen functional groups attached to an aromatic ring is 1. The second-order valence-electron chi connectivity index (χ2n) is 3.90. The lowest BCUT2D eigenvalue weighted by atomic mass is 10.2. The van der Waals surface area contributed by atoms with Gasteiger partial charge in [-0.2, -0.15) is 0 Å². The molecular formula is C13H9BrClFN2O3. The normalized spacial score (nSPS) is 10.3. The van der Waals surface area contributed by atoms with Gasteiger partial charge in [-0.25, -0.2) is 14.2 Å². The highest BCUT2D eigenvalue weighted by Gasteiger charge is 2.14. The second kappa shape index (κ2) is 6.28. The number of halogens is 3. The smallest absolute Gasteiger partial charge is 0.340 e. The SMILES string of the molecule is COC(=O)c1cc(Oc2cc(F)c(Cl)cc2Br)ncc1N. The quantitative estimate of drug-likeness (QED) is 0.652. The van der Waals surface area contributed by atoms with Crippen molar-refractivity contribution in [1.82, 2.24) is 4.98 Å². The summed E-state index contributed by atoms with van der Waals surface area (Å²) < 4.78 is 23.9. The van der Waals surface area contributed by atoms with Crippen molar-refractivity contribution >= 4 is 39.2 Å². The Morgan fingerprint density at radius 3 is 2.81 bits per heavy atom. The molecule has 2 aromatic rings. The van der Waals surface area contributed by atoms with Crippen molar-refractivity contribution in [3.05, 3.63) is 45.3 Å². The summed E-state index contributed by atoms with van der Waals surface area (Å²) in [6.45, 7) is 0. The number of methoxy groups -OCH3 is 1. The Morgan fingerprint density at radius 1 is 1.43 bits per heavy atom. The topological polar surface area (TPSA) is 74.4 Å². The minimum Gasteiger partial charge on any atom is -0.465 e. The molecule has 0 radical (unpaired) electrons. The first kappa shape index (κ1) is 15.5. The van der Waals surface area contributed by atoms with E-state index in [9.17, 15) is 9.18 Å². The number of anilines is 1. The number of rotatable bonds is 3. The van der Waals surface area contributed by atoms with Crippen LogP contribution in [0.5, 0.6) is 11.6 Å². The van der Waals surface area contributed by atoms with Crippen LogP contribution in [0.1, 0.15) is 10.4 Å². The number of carbonyl (C=O) groups excluding carboxylic acids is 1. The summed E-state index contributed by atoms with van der Waals surface area (Å²) in [7, 11) is 1.23. The fraction of sp³-hybridized carbons (Fsp3) is 0.0769. The van der Waals surface area contributed by atoms with Gasteiger partial charge in [0, 0.05) is 12.1 Å². The molecule has 2 N–H and O–H groups in total. The van der Waals surface area contributed by atoms with E-state index in [4.69, 9.17) is 22.1 Å². The fourth-order valence-electron chi connectivity index (χ4n) is 1.48. The average molecular weight is 376 g/mol. The van der Waals surface area contributed by atoms with Crippen LogP contribution in [0.25, 0.3) is 0 Å². The van der Waals surface area contributed by atoms with E-state index in [1.807, 2.05) is 0 Å². The molecule has 0 aliphatic rings. The molecule has 8 heteroatoms. The van der Waals surface area contributed by atoms with Crippen molar-refractivity contribution in [3.8, 4) is 11.6 Å². The van der Waals surface area contributed by atoms with Crippen LogP contribution in [0, 0.1) is 5.82 Å². The summed E-state index contributed by atoms with van der Waals surface area (Å²) >= 11 is 8.84. The Hall–Kier alpha value is -1.86. The second-order valence-corrected chi connectivity index (χ2v) is 5.16. The Kier molecular flexibility index (Phi) is 4.64. The van der Waals surface area contributed by atoms with E-state index >= 15 is 0 Å². The van der Waals surface area contributed by atoms with Crippen LogP contribution < -0.4 is 10.5 Å². The molecule has 21 heavy (non-hydrogen) atoms. The Morgan fingerprint density at radius 2 is 2.14 bits per heavy atom. The number of hydrogen-bond acceptors (Lipinski definition) is 5. The lowest BCUT2D eigenvalue weighted by Gasteiger charge is -2.10. The lowest BCUT2D eigenvalue weighted by molar-refractivity contribution is 0.0601. The fourth-order valence-corrected chi connectivity index (χ4v) is 2.20. The largest absolute Gasteiger partial charge is 0.465 e. The zero-order chi connectivity index (χ0) is 15.6. The molecule has 0 bridgehead atoms. The highest BCUT2D eigenvalue weighted by molar-refractivity contribution is 9.10. The molecule has 0 fully saturated rings. The summed E-state index contributed by atoms with van der Waals surface area (Å²) in [5, 5.41) is -0.0465. The van der Waals surface area contributed by atoms with Gasteiger partial charge in [-0.1, -0.05) is 11.6 Å². The van der Waals surface area contributed by atoms with Crippen molar-refractivity contribution in [2.75, 3.05) is 12.8 Å². The van der Waals surface area contributed by atoms with Crippen LogP contribution in [-0.2, 0) is 4.74 Å². The van der Waals surface area contributed by atoms with Crippen LogP contribution in [0.15, 0.2) is 28.9 Å². The van der Waals surface area contributed by atoms with Gasteiger partial charge in [-0.3, -0.25) is 0 Å². The summed E-state index contributed by atoms with van der Waals surface area (Å²) in [4.78, 5) is 15.4. The van der Waals surface area contributed by atoms with Gasteiger partial charge in [0.05, 0.1) is 34.1 Å². The molecule has 0 unspecified atom stereocenters. The van der Waals surface area contributed by atoms with Crippen LogP contribution in [0.3, 0.4) is 0 Å². The molecule has 0 aliphatic heterocycles. The van der Waals surface area contributed by atoms with E-state index in [1.54, 1.807) is 0 Å². The first-order valence-electron chi connectivity index (χ1n) is 5.58. The van der Waals surface area contributed by atoms with Crippen LogP contribution in [0.2, 0.25) is 5.02 Å². The monoisotopic (exact) mass is 374 g/mol. The molecular weight excluding hydrogens is 367 g/mol. The Labute approximate surface area is 133 Å². The predicted molar refractivity (Wildman–Crippen MR) is 79.2 cm³/mol. The van der Waals surface area contributed by atoms with Gasteiger partial charge < -0.3 is 15.2 Å². The van der Waals surface area contributed by atoms with Gasteiger partial charge in [0.25, 0.3) is 0 Å². The van der Waals surface area contributed by atoms with Gasteiger partial charge in [0.2, 0.25) is 5.88 Å². The number of nitrogens with zero attached hydrogens (tertiary/aromatic N) is 1. The molecule has 0 atom stereocenters. The van der Waals surface area contributed by atoms with Gasteiger partial charge in [0.1, 0.15) is 11.6 Å². The number of pyridine rings is 1. The van der Waals surface area contributed by atoms with Crippen LogP contribution >= 0.6 is 27.5 Å². The minimum atomic E-state index is -0.640. The number of carbonyl (C=O) groups is 1. The summed E-state index contributed by atoms with van der Waals surface area (Å²) in [6, 6.07) is 3.76. The van der Waals surface area contributed by atoms with Crippen molar-refractivity contribution in [3.63, 3.8) is 0 Å². The van der Waals surface area contributed by atoms with E-state index in [2.05, 4.69) is 25.7 Å². The van der Waals surface area contributed by atoms with Crippen LogP contribution in [0.4, 0.5) is 10.1 Å². The van der Waals surface area contributed by atoms with Gasteiger partial charge in [0.15, 0.2) is 0 Å². The van der Waals surface area contributed by atoms with Crippen molar-refractivity contribution < 1.29 is 18.7 Å². The first-order chi connectivity index (χ1) is 9.92. The van der Waals surface area contributed by atoms with Gasteiger partial charge in [-0.15, -0.1) is 0 Å². The van der Waals surface area contributed by atoms with E-state index < -0.39 is 11.8 Å². The Balaban J connectivity index is 2.36. The molecule has 5 nitrogen and oxygen atoms in total. The molecule has 0 amide bonds. The van der Waals surface area contributed by atoms with Gasteiger partial charge >= 0.3 is 5.97 Å². The molecule has 2 rings (SSSR count). The molecule has 1 heterocycles. The lowest BCUT2D eigenvalue weighted by Crippen LogP contribution is -2.06. The first-order valence-corrected chi connectivity index (χ1v) is 6.75. The maximum Gasteiger partial charge on any atom is 0.340 e. The van der Waals surface area contributed by atoms with E-state index in [-0.39, 0.29) is 27.9 Å². The van der Waals surface area contributed by atoms with Gasteiger partial charge in [-0.05, 0) is 22.0 Å². The zero-order valence-electron chi connectivity index (χ0n) is 10.7. The summed E-state index contributed by atoms with van der Waals surface area (Å²) in [6.07, 6.45) is 1.25. The van der Waals surface area contributed by atoms with Crippen molar-refractivity contribution in [2.45, 2.75) is 0 Å². The standard InChI is InChI=1S/C13H9BrClFN2O3/c1-20-13(19)6-2-12(18-5-10(6)17)21-11-4-9(16)8(15)3-7(11)14/h2-5H,17H2,1H3. The third-order valence-corrected chi connectivity index (χ3v) is 3.41. The molecule has 1 aromatic heterocycles. The third-order valence-electron chi connectivity index (χ3n) is 2.50. The molecule has 0 aliphatic carbocycles. The highest BCUT2D eigenvalue weighted by atomic mass is 79.9. The molecule has 1 aromatic carbocycles. The van der Waals surface area contributed by atoms with E-state index in [0.717, 1.165) is 6.07 Å². The number of esters is 1. The van der Waals surface area contributed by atoms with E-state index in [1.165, 1.54) is 25.4 Å². The highest BCUT2D eigenvalue weighted by Crippen LogP contribution is 2.33. The molecule has 110 valence electrons. The summed E-state index contributed by atoms with van der Waals surface area (Å²) in [5.74, 6) is -1.04. The third kappa shape index (κ3) is 3.43. The van der Waals surface area contributed by atoms with E-state index in [0.29, 0.717) is 4.47 Å². The maximum absolute atomic E-state index is 13.4. The molecule has 0 spiro atoms. The summed E-state index contributed by atoms with van der Waals surface area (Å²) in [5.41, 5.74) is 5.88. The predicted octanol–water partition coefficient (Wildman–Crippen LogP) is 3.80. The average Bonchev–Trinajstić information content (AvgIpc) is 2.45.